The van der Waals surface area contributed by atoms with Gasteiger partial charge in [0.1, 0.15) is 5.82 Å². The van der Waals surface area contributed by atoms with Gasteiger partial charge in [0, 0.05) is 18.5 Å². The van der Waals surface area contributed by atoms with Crippen LogP contribution in [0.2, 0.25) is 5.02 Å². The summed E-state index contributed by atoms with van der Waals surface area (Å²) < 4.78 is 13.7. The van der Waals surface area contributed by atoms with Gasteiger partial charge in [-0.05, 0) is 39.3 Å². The molecule has 0 fully saturated rings. The van der Waals surface area contributed by atoms with Gasteiger partial charge in [0.05, 0.1) is 10.6 Å². The number of rotatable bonds is 4. The van der Waals surface area contributed by atoms with Crippen molar-refractivity contribution in [3.8, 4) is 0 Å². The number of aliphatic hydroxyl groups is 1. The Kier molecular flexibility index (Phi) is 4.76. The van der Waals surface area contributed by atoms with Crippen LogP contribution in [0.25, 0.3) is 0 Å². The van der Waals surface area contributed by atoms with Gasteiger partial charge >= 0.3 is 0 Å². The molecule has 0 heterocycles. The van der Waals surface area contributed by atoms with Crippen LogP contribution in [0.15, 0.2) is 18.2 Å². The average Bonchev–Trinajstić information content (AvgIpc) is 2.21. The standard InChI is InChI=1S/C14H21ClFNO/c1-13(2,3)17-9-14(4,18)8-10-6-5-7-11(15)12(10)16/h5-7,17-18H,8-9H2,1-4H3. The fourth-order valence-electron chi connectivity index (χ4n) is 1.61. The topological polar surface area (TPSA) is 32.3 Å². The Bertz CT molecular complexity index is 413. The van der Waals surface area contributed by atoms with Crippen LogP contribution in [0, 0.1) is 5.82 Å². The normalized spacial score (nSPS) is 15.5. The van der Waals surface area contributed by atoms with Crippen LogP contribution in [0.5, 0.6) is 0 Å². The molecule has 2 N–H and O–H groups in total. The van der Waals surface area contributed by atoms with E-state index in [1.807, 2.05) is 20.8 Å². The van der Waals surface area contributed by atoms with Crippen LogP contribution in [0.3, 0.4) is 0 Å². The van der Waals surface area contributed by atoms with Crippen molar-refractivity contribution in [1.29, 1.82) is 0 Å². The number of hydrogen-bond donors (Lipinski definition) is 2. The number of β-amino-alcohol motifs (C(OH)–C–C–N with tert-alkyl or cyclic N) is 1. The highest BCUT2D eigenvalue weighted by Crippen LogP contribution is 2.22. The number of halogens is 2. The third-order valence-electron chi connectivity index (χ3n) is 2.60. The maximum absolute atomic E-state index is 13.7. The zero-order valence-electron chi connectivity index (χ0n) is 11.3. The fourth-order valence-corrected chi connectivity index (χ4v) is 1.81. The molecule has 18 heavy (non-hydrogen) atoms. The highest BCUT2D eigenvalue weighted by atomic mass is 35.5. The van der Waals surface area contributed by atoms with E-state index in [1.165, 1.54) is 6.07 Å². The molecule has 1 aromatic rings. The summed E-state index contributed by atoms with van der Waals surface area (Å²) in [6.45, 7) is 8.13. The van der Waals surface area contributed by atoms with E-state index in [0.29, 0.717) is 12.1 Å². The lowest BCUT2D eigenvalue weighted by atomic mass is 9.95. The van der Waals surface area contributed by atoms with E-state index in [1.54, 1.807) is 19.1 Å². The molecule has 1 atom stereocenters. The predicted molar refractivity (Wildman–Crippen MR) is 73.5 cm³/mol. The van der Waals surface area contributed by atoms with E-state index in [0.717, 1.165) is 0 Å². The Hall–Kier alpha value is -0.640. The number of hydrogen-bond acceptors (Lipinski definition) is 2. The second kappa shape index (κ2) is 5.55. The molecule has 0 spiro atoms. The Balaban J connectivity index is 2.73. The van der Waals surface area contributed by atoms with Gasteiger partial charge in [-0.1, -0.05) is 23.7 Å². The van der Waals surface area contributed by atoms with Crippen molar-refractivity contribution in [3.05, 3.63) is 34.6 Å². The van der Waals surface area contributed by atoms with Crippen LogP contribution in [0.4, 0.5) is 4.39 Å². The Labute approximate surface area is 113 Å². The fraction of sp³-hybridized carbons (Fsp3) is 0.571. The molecule has 2 nitrogen and oxygen atoms in total. The van der Waals surface area contributed by atoms with Crippen LogP contribution in [-0.2, 0) is 6.42 Å². The molecule has 0 saturated carbocycles. The van der Waals surface area contributed by atoms with Crippen molar-refractivity contribution in [2.24, 2.45) is 0 Å². The first-order chi connectivity index (χ1) is 8.11. The molecule has 4 heteroatoms. The molecule has 102 valence electrons. The van der Waals surface area contributed by atoms with Gasteiger partial charge in [0.2, 0.25) is 0 Å². The summed E-state index contributed by atoms with van der Waals surface area (Å²) in [6.07, 6.45) is 0.225. The summed E-state index contributed by atoms with van der Waals surface area (Å²) >= 11 is 5.72. The smallest absolute Gasteiger partial charge is 0.145 e. The maximum atomic E-state index is 13.7. The lowest BCUT2D eigenvalue weighted by molar-refractivity contribution is 0.0526. The summed E-state index contributed by atoms with van der Waals surface area (Å²) in [6, 6.07) is 4.84. The average molecular weight is 274 g/mol. The van der Waals surface area contributed by atoms with Gasteiger partial charge in [-0.3, -0.25) is 0 Å². The number of nitrogens with one attached hydrogen (secondary N) is 1. The van der Waals surface area contributed by atoms with Crippen LogP contribution in [0.1, 0.15) is 33.3 Å². The molecular formula is C14H21ClFNO. The van der Waals surface area contributed by atoms with Gasteiger partial charge in [-0.25, -0.2) is 4.39 Å². The number of benzene rings is 1. The Morgan fingerprint density at radius 3 is 2.44 bits per heavy atom. The Morgan fingerprint density at radius 2 is 1.89 bits per heavy atom. The molecule has 0 bridgehead atoms. The van der Waals surface area contributed by atoms with Gasteiger partial charge < -0.3 is 10.4 Å². The third-order valence-corrected chi connectivity index (χ3v) is 2.89. The quantitative estimate of drug-likeness (QED) is 0.883. The summed E-state index contributed by atoms with van der Waals surface area (Å²) in [4.78, 5) is 0. The van der Waals surface area contributed by atoms with Crippen LogP contribution in [-0.4, -0.2) is 22.8 Å². The molecule has 0 aromatic heterocycles. The molecule has 0 saturated heterocycles. The van der Waals surface area contributed by atoms with E-state index in [2.05, 4.69) is 5.32 Å². The van der Waals surface area contributed by atoms with Crippen molar-refractivity contribution in [2.45, 2.75) is 45.3 Å². The molecule has 0 aliphatic carbocycles. The Morgan fingerprint density at radius 1 is 1.28 bits per heavy atom. The van der Waals surface area contributed by atoms with E-state index in [9.17, 15) is 9.50 Å². The molecule has 0 aliphatic rings. The SMILES string of the molecule is CC(O)(CNC(C)(C)C)Cc1cccc(Cl)c1F. The summed E-state index contributed by atoms with van der Waals surface area (Å²) in [5.41, 5.74) is -0.668. The second-order valence-electron chi connectivity index (χ2n) is 5.99. The third kappa shape index (κ3) is 4.92. The van der Waals surface area contributed by atoms with Gasteiger partial charge in [0.25, 0.3) is 0 Å². The lowest BCUT2D eigenvalue weighted by Crippen LogP contribution is -2.47. The first kappa shape index (κ1) is 15.4. The monoisotopic (exact) mass is 273 g/mol. The minimum atomic E-state index is -1.02. The maximum Gasteiger partial charge on any atom is 0.145 e. The largest absolute Gasteiger partial charge is 0.389 e. The first-order valence-electron chi connectivity index (χ1n) is 6.01. The predicted octanol–water partition coefficient (Wildman–Crippen LogP) is 3.16. The molecule has 0 radical (unpaired) electrons. The van der Waals surface area contributed by atoms with Crippen molar-refractivity contribution in [1.82, 2.24) is 5.32 Å². The van der Waals surface area contributed by atoms with Crippen molar-refractivity contribution < 1.29 is 9.50 Å². The van der Waals surface area contributed by atoms with E-state index in [-0.39, 0.29) is 17.0 Å². The lowest BCUT2D eigenvalue weighted by Gasteiger charge is -2.29. The van der Waals surface area contributed by atoms with Crippen LogP contribution >= 0.6 is 11.6 Å². The molecule has 1 unspecified atom stereocenters. The summed E-state index contributed by atoms with van der Waals surface area (Å²) in [5.74, 6) is -0.449. The second-order valence-corrected chi connectivity index (χ2v) is 6.40. The highest BCUT2D eigenvalue weighted by Gasteiger charge is 2.25. The molecule has 1 rings (SSSR count). The zero-order chi connectivity index (χ0) is 14.0. The van der Waals surface area contributed by atoms with E-state index in [4.69, 9.17) is 11.6 Å². The van der Waals surface area contributed by atoms with Crippen molar-refractivity contribution in [3.63, 3.8) is 0 Å². The van der Waals surface area contributed by atoms with Gasteiger partial charge in [0.15, 0.2) is 0 Å². The first-order valence-corrected chi connectivity index (χ1v) is 6.39. The molecule has 0 aliphatic heterocycles. The van der Waals surface area contributed by atoms with Gasteiger partial charge in [-0.2, -0.15) is 0 Å². The molecule has 0 amide bonds. The minimum Gasteiger partial charge on any atom is -0.389 e. The molecular weight excluding hydrogens is 253 g/mol. The minimum absolute atomic E-state index is 0.0864. The molecule has 1 aromatic carbocycles. The van der Waals surface area contributed by atoms with Crippen LogP contribution < -0.4 is 5.32 Å². The highest BCUT2D eigenvalue weighted by molar-refractivity contribution is 6.30. The van der Waals surface area contributed by atoms with E-state index >= 15 is 0 Å². The van der Waals surface area contributed by atoms with Gasteiger partial charge in [-0.15, -0.1) is 0 Å². The van der Waals surface area contributed by atoms with Crippen molar-refractivity contribution >= 4 is 11.6 Å². The summed E-state index contributed by atoms with van der Waals surface area (Å²) in [7, 11) is 0. The van der Waals surface area contributed by atoms with Crippen molar-refractivity contribution in [2.75, 3.05) is 6.54 Å². The zero-order valence-corrected chi connectivity index (χ0v) is 12.1. The van der Waals surface area contributed by atoms with E-state index < -0.39 is 11.4 Å². The summed E-state index contributed by atoms with van der Waals surface area (Å²) in [5, 5.41) is 13.6.